The molecular weight excluding hydrogens is 352 g/mol. The zero-order valence-corrected chi connectivity index (χ0v) is 16.9. The minimum Gasteiger partial charge on any atom is -0.355 e. The van der Waals surface area contributed by atoms with Gasteiger partial charge in [0.2, 0.25) is 11.9 Å². The monoisotopic (exact) mass is 384 g/mol. The van der Waals surface area contributed by atoms with E-state index in [4.69, 9.17) is 0 Å². The summed E-state index contributed by atoms with van der Waals surface area (Å²) in [6.07, 6.45) is 10.6. The van der Waals surface area contributed by atoms with Crippen LogP contribution >= 0.6 is 0 Å². The second kappa shape index (κ2) is 8.90. The van der Waals surface area contributed by atoms with Crippen molar-refractivity contribution in [1.82, 2.24) is 24.8 Å². The van der Waals surface area contributed by atoms with Gasteiger partial charge in [-0.2, -0.15) is 0 Å². The summed E-state index contributed by atoms with van der Waals surface area (Å²) in [5.41, 5.74) is 0.842. The van der Waals surface area contributed by atoms with Crippen molar-refractivity contribution in [3.63, 3.8) is 0 Å². The summed E-state index contributed by atoms with van der Waals surface area (Å²) in [6.45, 7) is 3.29. The quantitative estimate of drug-likeness (QED) is 0.828. The van der Waals surface area contributed by atoms with Gasteiger partial charge in [0.25, 0.3) is 0 Å². The summed E-state index contributed by atoms with van der Waals surface area (Å²) in [6, 6.07) is 6.59. The summed E-state index contributed by atoms with van der Waals surface area (Å²) in [5.74, 6) is 1.03. The fourth-order valence-electron chi connectivity index (χ4n) is 4.62. The first-order valence-corrected chi connectivity index (χ1v) is 10.7. The van der Waals surface area contributed by atoms with Crippen molar-refractivity contribution in [3.8, 4) is 0 Å². The summed E-state index contributed by atoms with van der Waals surface area (Å²) in [5, 5.41) is 11.8. The van der Waals surface area contributed by atoms with E-state index in [2.05, 4.69) is 32.4 Å². The van der Waals surface area contributed by atoms with Crippen molar-refractivity contribution in [2.24, 2.45) is 5.92 Å². The average molecular weight is 385 g/mol. The van der Waals surface area contributed by atoms with E-state index in [0.717, 1.165) is 44.1 Å². The van der Waals surface area contributed by atoms with Crippen molar-refractivity contribution in [2.45, 2.75) is 51.0 Å². The first-order valence-electron chi connectivity index (χ1n) is 10.7. The van der Waals surface area contributed by atoms with Crippen LogP contribution in [-0.2, 0) is 4.79 Å². The topological polar surface area (TPSA) is 65.8 Å². The minimum atomic E-state index is 0.0183. The Morgan fingerprint density at radius 1 is 1.18 bits per heavy atom. The molecule has 4 rings (SSSR count). The first kappa shape index (κ1) is 19.2. The molecule has 1 amide bonds. The van der Waals surface area contributed by atoms with Gasteiger partial charge in [-0.05, 0) is 44.9 Å². The van der Waals surface area contributed by atoms with E-state index in [0.29, 0.717) is 12.6 Å². The van der Waals surface area contributed by atoms with Crippen molar-refractivity contribution >= 4 is 17.5 Å². The molecule has 2 aliphatic rings. The number of hydrogen-bond donors (Lipinski definition) is 1. The maximum absolute atomic E-state index is 12.7. The third-order valence-electron chi connectivity index (χ3n) is 6.33. The van der Waals surface area contributed by atoms with Crippen LogP contribution in [0.15, 0.2) is 24.4 Å². The van der Waals surface area contributed by atoms with E-state index >= 15 is 0 Å². The lowest BCUT2D eigenvalue weighted by Gasteiger charge is -2.33. The maximum Gasteiger partial charge on any atom is 0.231 e. The Hall–Kier alpha value is -2.15. The highest BCUT2D eigenvalue weighted by atomic mass is 16.1. The number of amides is 1. The van der Waals surface area contributed by atoms with Gasteiger partial charge in [0.1, 0.15) is 0 Å². The molecule has 0 radical (unpaired) electrons. The van der Waals surface area contributed by atoms with Gasteiger partial charge < -0.3 is 15.1 Å². The number of nitrogens with one attached hydrogen (secondary N) is 1. The van der Waals surface area contributed by atoms with E-state index in [1.807, 2.05) is 28.8 Å². The van der Waals surface area contributed by atoms with Crippen molar-refractivity contribution in [3.05, 3.63) is 24.4 Å². The maximum atomic E-state index is 12.7. The smallest absolute Gasteiger partial charge is 0.231 e. The van der Waals surface area contributed by atoms with Crippen LogP contribution in [0.2, 0.25) is 0 Å². The van der Waals surface area contributed by atoms with Crippen molar-refractivity contribution in [1.29, 1.82) is 0 Å². The highest BCUT2D eigenvalue weighted by Gasteiger charge is 2.28. The average Bonchev–Trinajstić information content (AvgIpc) is 3.18. The second-order valence-corrected chi connectivity index (χ2v) is 8.28. The van der Waals surface area contributed by atoms with Crippen molar-refractivity contribution in [2.75, 3.05) is 38.1 Å². The highest BCUT2D eigenvalue weighted by Crippen LogP contribution is 2.23. The molecule has 1 saturated carbocycles. The molecule has 2 aromatic heterocycles. The molecule has 2 aromatic rings. The molecule has 1 N–H and O–H groups in total. The Bertz CT molecular complexity index is 784. The number of hydrogen-bond acceptors (Lipinski definition) is 5. The predicted molar refractivity (Wildman–Crippen MR) is 110 cm³/mol. The molecule has 7 nitrogen and oxygen atoms in total. The van der Waals surface area contributed by atoms with Crippen LogP contribution in [0.1, 0.15) is 44.9 Å². The fraction of sp³-hybridized carbons (Fsp3) is 0.667. The van der Waals surface area contributed by atoms with Gasteiger partial charge in [-0.15, -0.1) is 10.2 Å². The van der Waals surface area contributed by atoms with Crippen LogP contribution < -0.4 is 10.2 Å². The molecule has 28 heavy (non-hydrogen) atoms. The largest absolute Gasteiger partial charge is 0.355 e. The van der Waals surface area contributed by atoms with Gasteiger partial charge >= 0.3 is 0 Å². The van der Waals surface area contributed by atoms with Crippen LogP contribution in [0.25, 0.3) is 5.65 Å². The molecule has 2 fully saturated rings. The first-order chi connectivity index (χ1) is 13.7. The van der Waals surface area contributed by atoms with Crippen LogP contribution in [0.3, 0.4) is 0 Å². The third kappa shape index (κ3) is 4.29. The molecule has 3 heterocycles. The number of likely N-dealkylation sites (N-methyl/N-ethyl adjacent to an activating group) is 1. The number of carbonyl (C=O) groups is 1. The fourth-order valence-corrected chi connectivity index (χ4v) is 4.62. The van der Waals surface area contributed by atoms with Gasteiger partial charge in [0.15, 0.2) is 5.65 Å². The van der Waals surface area contributed by atoms with Gasteiger partial charge in [0.05, 0.1) is 5.92 Å². The zero-order chi connectivity index (χ0) is 19.3. The predicted octanol–water partition coefficient (Wildman–Crippen LogP) is 2.33. The van der Waals surface area contributed by atoms with Gasteiger partial charge in [-0.3, -0.25) is 9.20 Å². The molecule has 1 aliphatic heterocycles. The Labute approximate surface area is 167 Å². The number of rotatable bonds is 6. The Morgan fingerprint density at radius 3 is 2.89 bits per heavy atom. The number of nitrogens with zero attached hydrogens (tertiary/aromatic N) is 5. The molecule has 1 atom stereocenters. The normalized spacial score (nSPS) is 21.4. The Kier molecular flexibility index (Phi) is 6.10. The van der Waals surface area contributed by atoms with Crippen LogP contribution in [0.4, 0.5) is 5.95 Å². The molecule has 0 aromatic carbocycles. The molecule has 0 unspecified atom stereocenters. The Morgan fingerprint density at radius 2 is 2.04 bits per heavy atom. The third-order valence-corrected chi connectivity index (χ3v) is 6.33. The van der Waals surface area contributed by atoms with Gasteiger partial charge in [0, 0.05) is 38.4 Å². The van der Waals surface area contributed by atoms with E-state index in [1.54, 1.807) is 0 Å². The number of fused-ring (bicyclic) bond motifs is 1. The lowest BCUT2D eigenvalue weighted by Crippen LogP contribution is -2.46. The summed E-state index contributed by atoms with van der Waals surface area (Å²) >= 11 is 0. The van der Waals surface area contributed by atoms with Crippen molar-refractivity contribution < 1.29 is 4.79 Å². The lowest BCUT2D eigenvalue weighted by atomic mass is 9.94. The van der Waals surface area contributed by atoms with Crippen LogP contribution in [-0.4, -0.2) is 64.7 Å². The summed E-state index contributed by atoms with van der Waals surface area (Å²) < 4.78 is 2.00. The minimum absolute atomic E-state index is 0.0183. The Balaban J connectivity index is 1.28. The number of carbonyl (C=O) groups excluding carboxylic acids is 1. The molecule has 152 valence electrons. The lowest BCUT2D eigenvalue weighted by molar-refractivity contribution is -0.125. The number of pyridine rings is 1. The van der Waals surface area contributed by atoms with Gasteiger partial charge in [-0.25, -0.2) is 0 Å². The van der Waals surface area contributed by atoms with Gasteiger partial charge in [-0.1, -0.05) is 25.3 Å². The van der Waals surface area contributed by atoms with E-state index in [-0.39, 0.29) is 11.8 Å². The number of aromatic nitrogens is 3. The number of anilines is 1. The van der Waals surface area contributed by atoms with E-state index < -0.39 is 0 Å². The van der Waals surface area contributed by atoms with E-state index in [9.17, 15) is 4.79 Å². The van der Waals surface area contributed by atoms with Crippen LogP contribution in [0.5, 0.6) is 0 Å². The molecule has 1 aliphatic carbocycles. The zero-order valence-electron chi connectivity index (χ0n) is 16.9. The highest BCUT2D eigenvalue weighted by molar-refractivity contribution is 5.79. The second-order valence-electron chi connectivity index (χ2n) is 8.28. The number of piperidine rings is 1. The van der Waals surface area contributed by atoms with E-state index in [1.165, 1.54) is 32.1 Å². The molecular formula is C21H32N6O. The molecule has 0 spiro atoms. The van der Waals surface area contributed by atoms with Crippen LogP contribution in [0, 0.1) is 5.92 Å². The molecule has 7 heteroatoms. The molecule has 1 saturated heterocycles. The standard InChI is InChI=1S/C21H32N6O/c1-25(18-9-3-2-4-10-18)15-12-22-20(28)17-8-7-13-26(16-17)21-24-23-19-11-5-6-14-27(19)21/h5-6,11,14,17-18H,2-4,7-10,12-13,15-16H2,1H3,(H,22,28)/t17-/m0/s1. The molecule has 0 bridgehead atoms. The summed E-state index contributed by atoms with van der Waals surface area (Å²) in [4.78, 5) is 17.4. The summed E-state index contributed by atoms with van der Waals surface area (Å²) in [7, 11) is 2.20. The SMILES string of the molecule is CN(CCNC(=O)[C@H]1CCCN(c2nnc3ccccn23)C1)C1CCCCC1.